The van der Waals surface area contributed by atoms with Crippen LogP contribution in [0.1, 0.15) is 12.0 Å². The summed E-state index contributed by atoms with van der Waals surface area (Å²) in [7, 11) is 0. The van der Waals surface area contributed by atoms with Crippen LogP contribution in [0.15, 0.2) is 12.1 Å². The Bertz CT molecular complexity index is 486. The van der Waals surface area contributed by atoms with Crippen LogP contribution in [0.3, 0.4) is 0 Å². The molecule has 0 saturated carbocycles. The van der Waals surface area contributed by atoms with Gasteiger partial charge in [-0.25, -0.2) is 0 Å². The standard InChI is InChI=1S/C11H11F3N2O2/c12-11(13,14)5-18-9-3-6-1-2-10(17)16-8(6)4-7(9)15/h3-4H,1-2,5,15H2,(H,16,17). The number of rotatable bonds is 2. The summed E-state index contributed by atoms with van der Waals surface area (Å²) in [5.74, 6) is -0.145. The molecule has 1 amide bonds. The highest BCUT2D eigenvalue weighted by molar-refractivity contribution is 5.94. The average Bonchev–Trinajstić information content (AvgIpc) is 2.25. The molecule has 0 aliphatic carbocycles. The molecule has 1 aromatic rings. The number of ether oxygens (including phenoxy) is 1. The largest absolute Gasteiger partial charge is 0.482 e. The van der Waals surface area contributed by atoms with E-state index in [1.54, 1.807) is 0 Å². The smallest absolute Gasteiger partial charge is 0.422 e. The first-order valence-electron chi connectivity index (χ1n) is 5.27. The Morgan fingerprint density at radius 3 is 2.72 bits per heavy atom. The molecule has 0 unspecified atom stereocenters. The number of halogens is 3. The summed E-state index contributed by atoms with van der Waals surface area (Å²) in [5.41, 5.74) is 6.90. The van der Waals surface area contributed by atoms with E-state index in [1.165, 1.54) is 12.1 Å². The quantitative estimate of drug-likeness (QED) is 0.800. The van der Waals surface area contributed by atoms with Gasteiger partial charge in [-0.1, -0.05) is 0 Å². The van der Waals surface area contributed by atoms with Crippen molar-refractivity contribution < 1.29 is 22.7 Å². The highest BCUT2D eigenvalue weighted by atomic mass is 19.4. The number of benzene rings is 1. The molecule has 0 atom stereocenters. The average molecular weight is 260 g/mol. The van der Waals surface area contributed by atoms with E-state index in [2.05, 4.69) is 10.1 Å². The van der Waals surface area contributed by atoms with Crippen molar-refractivity contribution in [2.45, 2.75) is 19.0 Å². The van der Waals surface area contributed by atoms with Crippen molar-refractivity contribution in [2.24, 2.45) is 0 Å². The Morgan fingerprint density at radius 2 is 2.06 bits per heavy atom. The van der Waals surface area contributed by atoms with E-state index < -0.39 is 12.8 Å². The van der Waals surface area contributed by atoms with Gasteiger partial charge in [0.25, 0.3) is 0 Å². The van der Waals surface area contributed by atoms with Gasteiger partial charge in [0.2, 0.25) is 5.91 Å². The molecule has 18 heavy (non-hydrogen) atoms. The summed E-state index contributed by atoms with van der Waals surface area (Å²) in [4.78, 5) is 11.1. The molecule has 1 aromatic carbocycles. The van der Waals surface area contributed by atoms with Gasteiger partial charge < -0.3 is 15.8 Å². The molecule has 1 aliphatic heterocycles. The fourth-order valence-electron chi connectivity index (χ4n) is 1.71. The highest BCUT2D eigenvalue weighted by Crippen LogP contribution is 2.33. The number of alkyl halides is 3. The summed E-state index contributed by atoms with van der Waals surface area (Å²) in [5, 5.41) is 2.60. The van der Waals surface area contributed by atoms with Gasteiger partial charge in [0.15, 0.2) is 6.61 Å². The summed E-state index contributed by atoms with van der Waals surface area (Å²) in [6.07, 6.45) is -3.64. The van der Waals surface area contributed by atoms with Gasteiger partial charge in [-0.3, -0.25) is 4.79 Å². The SMILES string of the molecule is Nc1cc2c(cc1OCC(F)(F)F)CCC(=O)N2. The van der Waals surface area contributed by atoms with Crippen LogP contribution in [0.2, 0.25) is 0 Å². The normalized spacial score (nSPS) is 14.9. The van der Waals surface area contributed by atoms with Crippen LogP contribution in [0.5, 0.6) is 5.75 Å². The predicted molar refractivity (Wildman–Crippen MR) is 59.4 cm³/mol. The van der Waals surface area contributed by atoms with Crippen molar-refractivity contribution >= 4 is 17.3 Å². The van der Waals surface area contributed by atoms with E-state index in [9.17, 15) is 18.0 Å². The van der Waals surface area contributed by atoms with Gasteiger partial charge in [-0.15, -0.1) is 0 Å². The first kappa shape index (κ1) is 12.5. The van der Waals surface area contributed by atoms with E-state index in [0.29, 0.717) is 18.5 Å². The summed E-state index contributed by atoms with van der Waals surface area (Å²) in [6, 6.07) is 2.86. The number of hydrogen-bond acceptors (Lipinski definition) is 3. The van der Waals surface area contributed by atoms with Crippen molar-refractivity contribution in [3.8, 4) is 5.75 Å². The van der Waals surface area contributed by atoms with Crippen LogP contribution >= 0.6 is 0 Å². The van der Waals surface area contributed by atoms with Crippen molar-refractivity contribution in [2.75, 3.05) is 17.7 Å². The van der Waals surface area contributed by atoms with Crippen LogP contribution in [0.25, 0.3) is 0 Å². The third kappa shape index (κ3) is 2.85. The molecule has 0 bridgehead atoms. The van der Waals surface area contributed by atoms with E-state index in [-0.39, 0.29) is 17.3 Å². The fourth-order valence-corrected chi connectivity index (χ4v) is 1.71. The molecule has 7 heteroatoms. The molecule has 0 saturated heterocycles. The van der Waals surface area contributed by atoms with Crippen molar-refractivity contribution in [3.05, 3.63) is 17.7 Å². The Kier molecular flexibility index (Phi) is 3.06. The number of carbonyl (C=O) groups is 1. The lowest BCUT2D eigenvalue weighted by molar-refractivity contribution is -0.153. The highest BCUT2D eigenvalue weighted by Gasteiger charge is 2.29. The summed E-state index contributed by atoms with van der Waals surface area (Å²) >= 11 is 0. The number of hydrogen-bond donors (Lipinski definition) is 2. The number of nitrogen functional groups attached to an aromatic ring is 1. The van der Waals surface area contributed by atoms with Crippen LogP contribution < -0.4 is 15.8 Å². The zero-order valence-electron chi connectivity index (χ0n) is 9.30. The molecule has 2 rings (SSSR count). The molecule has 0 fully saturated rings. The van der Waals surface area contributed by atoms with Gasteiger partial charge >= 0.3 is 6.18 Å². The zero-order chi connectivity index (χ0) is 13.3. The number of carbonyl (C=O) groups excluding carboxylic acids is 1. The Hall–Kier alpha value is -1.92. The molecule has 3 N–H and O–H groups in total. The first-order valence-corrected chi connectivity index (χ1v) is 5.27. The molecule has 0 spiro atoms. The number of anilines is 2. The molecular formula is C11H11F3N2O2. The minimum absolute atomic E-state index is 0.0118. The van der Waals surface area contributed by atoms with E-state index in [4.69, 9.17) is 5.73 Å². The summed E-state index contributed by atoms with van der Waals surface area (Å²) < 4.78 is 40.8. The molecule has 1 aliphatic rings. The maximum absolute atomic E-state index is 12.0. The van der Waals surface area contributed by atoms with Gasteiger partial charge in [0.1, 0.15) is 5.75 Å². The molecule has 0 radical (unpaired) electrons. The van der Waals surface area contributed by atoms with Crippen LogP contribution in [0, 0.1) is 0 Å². The lowest BCUT2D eigenvalue weighted by Crippen LogP contribution is -2.21. The predicted octanol–water partition coefficient (Wildman–Crippen LogP) is 2.09. The second-order valence-electron chi connectivity index (χ2n) is 4.00. The van der Waals surface area contributed by atoms with Gasteiger partial charge in [-0.05, 0) is 24.1 Å². The number of nitrogens with one attached hydrogen (secondary N) is 1. The molecule has 4 nitrogen and oxygen atoms in total. The van der Waals surface area contributed by atoms with Gasteiger partial charge in [0, 0.05) is 12.1 Å². The molecular weight excluding hydrogens is 249 g/mol. The lowest BCUT2D eigenvalue weighted by atomic mass is 10.0. The second kappa shape index (κ2) is 4.40. The number of nitrogens with two attached hydrogens (primary N) is 1. The topological polar surface area (TPSA) is 64.3 Å². The molecule has 98 valence electrons. The third-order valence-corrected chi connectivity index (χ3v) is 2.52. The second-order valence-corrected chi connectivity index (χ2v) is 4.00. The van der Waals surface area contributed by atoms with E-state index in [0.717, 1.165) is 5.56 Å². The minimum Gasteiger partial charge on any atom is -0.482 e. The summed E-state index contributed by atoms with van der Waals surface area (Å²) in [6.45, 7) is -1.39. The zero-order valence-corrected chi connectivity index (χ0v) is 9.30. The lowest BCUT2D eigenvalue weighted by Gasteiger charge is -2.19. The van der Waals surface area contributed by atoms with Crippen molar-refractivity contribution in [1.29, 1.82) is 0 Å². The maximum atomic E-state index is 12.0. The van der Waals surface area contributed by atoms with Crippen LogP contribution in [0.4, 0.5) is 24.5 Å². The third-order valence-electron chi connectivity index (χ3n) is 2.52. The molecule has 0 aromatic heterocycles. The number of aryl methyl sites for hydroxylation is 1. The van der Waals surface area contributed by atoms with Crippen LogP contribution in [-0.4, -0.2) is 18.7 Å². The fraction of sp³-hybridized carbons (Fsp3) is 0.364. The van der Waals surface area contributed by atoms with Crippen molar-refractivity contribution in [3.63, 3.8) is 0 Å². The maximum Gasteiger partial charge on any atom is 0.422 e. The first-order chi connectivity index (χ1) is 8.35. The van der Waals surface area contributed by atoms with Gasteiger partial charge in [0.05, 0.1) is 5.69 Å². The van der Waals surface area contributed by atoms with Crippen LogP contribution in [-0.2, 0) is 11.2 Å². The Balaban J connectivity index is 2.20. The number of amides is 1. The Morgan fingerprint density at radius 1 is 1.33 bits per heavy atom. The minimum atomic E-state index is -4.41. The monoisotopic (exact) mass is 260 g/mol. The van der Waals surface area contributed by atoms with E-state index in [1.807, 2.05) is 0 Å². The van der Waals surface area contributed by atoms with Crippen molar-refractivity contribution in [1.82, 2.24) is 0 Å². The van der Waals surface area contributed by atoms with E-state index >= 15 is 0 Å². The Labute approximate surface area is 101 Å². The van der Waals surface area contributed by atoms with Gasteiger partial charge in [-0.2, -0.15) is 13.2 Å². The molecule has 1 heterocycles. The number of fused-ring (bicyclic) bond motifs is 1.